The molecular formula is C13H16N2O2S2. The van der Waals surface area contributed by atoms with Crippen LogP contribution in [0.15, 0.2) is 17.5 Å². The molecule has 0 bridgehead atoms. The van der Waals surface area contributed by atoms with Gasteiger partial charge in [-0.3, -0.25) is 4.79 Å². The van der Waals surface area contributed by atoms with Crippen LogP contribution in [0.25, 0.3) is 9.40 Å². The smallest absolute Gasteiger partial charge is 0.264 e. The van der Waals surface area contributed by atoms with Gasteiger partial charge in [0, 0.05) is 28.5 Å². The molecule has 2 unspecified atom stereocenters. The summed E-state index contributed by atoms with van der Waals surface area (Å²) >= 11 is 3.24. The van der Waals surface area contributed by atoms with Gasteiger partial charge in [0.15, 0.2) is 0 Å². The van der Waals surface area contributed by atoms with E-state index in [9.17, 15) is 4.79 Å². The van der Waals surface area contributed by atoms with Gasteiger partial charge in [-0.15, -0.1) is 22.7 Å². The van der Waals surface area contributed by atoms with Crippen LogP contribution in [0.2, 0.25) is 0 Å². The van der Waals surface area contributed by atoms with Gasteiger partial charge < -0.3 is 15.4 Å². The Labute approximate surface area is 119 Å². The summed E-state index contributed by atoms with van der Waals surface area (Å²) in [5.74, 6) is 0.0994. The fourth-order valence-corrected chi connectivity index (χ4v) is 4.28. The predicted octanol–water partition coefficient (Wildman–Crippen LogP) is 2.15. The van der Waals surface area contributed by atoms with Gasteiger partial charge in [0.2, 0.25) is 0 Å². The second kappa shape index (κ2) is 5.20. The molecule has 1 aliphatic heterocycles. The Bertz CT molecular complexity index is 562. The maximum atomic E-state index is 12.5. The summed E-state index contributed by atoms with van der Waals surface area (Å²) in [6, 6.07) is 4.00. The Morgan fingerprint density at radius 2 is 2.42 bits per heavy atom. The second-order valence-electron chi connectivity index (χ2n) is 4.78. The summed E-state index contributed by atoms with van der Waals surface area (Å²) < 4.78 is 7.96. The average Bonchev–Trinajstić information content (AvgIpc) is 2.98. The van der Waals surface area contributed by atoms with Gasteiger partial charge in [-0.05, 0) is 24.4 Å². The Balaban J connectivity index is 1.77. The summed E-state index contributed by atoms with van der Waals surface area (Å²) in [7, 11) is 0. The van der Waals surface area contributed by atoms with E-state index < -0.39 is 0 Å². The second-order valence-corrected chi connectivity index (χ2v) is 6.81. The molecule has 0 aliphatic carbocycles. The fraction of sp³-hybridized carbons (Fsp3) is 0.462. The van der Waals surface area contributed by atoms with Crippen LogP contribution in [0.1, 0.15) is 16.6 Å². The maximum Gasteiger partial charge on any atom is 0.264 e. The van der Waals surface area contributed by atoms with Crippen LogP contribution in [0.3, 0.4) is 0 Å². The molecule has 3 heterocycles. The van der Waals surface area contributed by atoms with Gasteiger partial charge in [0.1, 0.15) is 0 Å². The zero-order valence-electron chi connectivity index (χ0n) is 10.7. The number of ether oxygens (including phenoxy) is 1. The molecule has 1 aliphatic rings. The number of nitrogens with two attached hydrogens (primary N) is 1. The summed E-state index contributed by atoms with van der Waals surface area (Å²) in [6.45, 7) is 3.72. The van der Waals surface area contributed by atoms with Crippen molar-refractivity contribution >= 4 is 38.0 Å². The van der Waals surface area contributed by atoms with Crippen molar-refractivity contribution in [3.63, 3.8) is 0 Å². The third-order valence-corrected chi connectivity index (χ3v) is 5.40. The Morgan fingerprint density at radius 3 is 3.16 bits per heavy atom. The first kappa shape index (κ1) is 13.1. The van der Waals surface area contributed by atoms with Crippen LogP contribution >= 0.6 is 22.7 Å². The highest BCUT2D eigenvalue weighted by molar-refractivity contribution is 7.27. The van der Waals surface area contributed by atoms with E-state index in [2.05, 4.69) is 11.4 Å². The Kier molecular flexibility index (Phi) is 3.58. The molecule has 19 heavy (non-hydrogen) atoms. The summed E-state index contributed by atoms with van der Waals surface area (Å²) in [5.41, 5.74) is 5.85. The number of amides is 1. The molecule has 102 valence electrons. The van der Waals surface area contributed by atoms with E-state index in [1.54, 1.807) is 22.7 Å². The Morgan fingerprint density at radius 1 is 1.58 bits per heavy atom. The quantitative estimate of drug-likeness (QED) is 0.924. The lowest BCUT2D eigenvalue weighted by Crippen LogP contribution is -2.51. The molecule has 4 nitrogen and oxygen atoms in total. The topological polar surface area (TPSA) is 55.6 Å². The van der Waals surface area contributed by atoms with Crippen molar-refractivity contribution < 1.29 is 9.53 Å². The fourth-order valence-electron chi connectivity index (χ4n) is 2.21. The third-order valence-electron chi connectivity index (χ3n) is 3.32. The minimum Gasteiger partial charge on any atom is -0.373 e. The zero-order valence-corrected chi connectivity index (χ0v) is 12.3. The number of nitrogens with zero attached hydrogens (tertiary/aromatic N) is 1. The summed E-state index contributed by atoms with van der Waals surface area (Å²) in [4.78, 5) is 15.1. The minimum absolute atomic E-state index is 0.0533. The molecule has 1 fully saturated rings. The number of hydrogen-bond donors (Lipinski definition) is 1. The van der Waals surface area contributed by atoms with Crippen LogP contribution in [0, 0.1) is 0 Å². The van der Waals surface area contributed by atoms with Crippen molar-refractivity contribution in [3.8, 4) is 0 Å². The molecule has 1 saturated heterocycles. The van der Waals surface area contributed by atoms with E-state index in [1.165, 1.54) is 9.40 Å². The molecular weight excluding hydrogens is 280 g/mol. The molecule has 0 aromatic carbocycles. The molecule has 2 aromatic rings. The number of fused-ring (bicyclic) bond motifs is 1. The van der Waals surface area contributed by atoms with Crippen molar-refractivity contribution in [1.29, 1.82) is 0 Å². The van der Waals surface area contributed by atoms with Crippen molar-refractivity contribution in [2.75, 3.05) is 19.7 Å². The minimum atomic E-state index is -0.0567. The number of carbonyl (C=O) groups excluding carboxylic acids is 1. The molecule has 0 saturated carbocycles. The molecule has 2 atom stereocenters. The average molecular weight is 296 g/mol. The predicted molar refractivity (Wildman–Crippen MR) is 79.0 cm³/mol. The molecule has 6 heteroatoms. The number of carbonyl (C=O) groups is 1. The number of rotatable bonds is 2. The highest BCUT2D eigenvalue weighted by atomic mass is 32.1. The van der Waals surface area contributed by atoms with Gasteiger partial charge in [-0.25, -0.2) is 0 Å². The highest BCUT2D eigenvalue weighted by Crippen LogP contribution is 2.31. The van der Waals surface area contributed by atoms with Crippen molar-refractivity contribution in [1.82, 2.24) is 4.90 Å². The summed E-state index contributed by atoms with van der Waals surface area (Å²) in [6.07, 6.45) is -0.0567. The first-order valence-corrected chi connectivity index (χ1v) is 7.98. The van der Waals surface area contributed by atoms with Crippen LogP contribution < -0.4 is 5.73 Å². The molecule has 1 amide bonds. The normalized spacial score (nSPS) is 21.8. The zero-order chi connectivity index (χ0) is 13.4. The molecule has 0 spiro atoms. The number of hydrogen-bond acceptors (Lipinski definition) is 5. The Hall–Kier alpha value is -0.950. The van der Waals surface area contributed by atoms with Crippen LogP contribution in [0.4, 0.5) is 0 Å². The molecule has 0 radical (unpaired) electrons. The van der Waals surface area contributed by atoms with E-state index in [0.717, 1.165) is 4.88 Å². The van der Waals surface area contributed by atoms with Gasteiger partial charge in [-0.1, -0.05) is 0 Å². The van der Waals surface area contributed by atoms with E-state index in [-0.39, 0.29) is 18.1 Å². The molecule has 2 N–H and O–H groups in total. The first-order chi connectivity index (χ1) is 9.15. The van der Waals surface area contributed by atoms with Crippen LogP contribution in [-0.4, -0.2) is 42.6 Å². The lowest BCUT2D eigenvalue weighted by atomic mass is 10.1. The highest BCUT2D eigenvalue weighted by Gasteiger charge is 2.28. The van der Waals surface area contributed by atoms with Gasteiger partial charge >= 0.3 is 0 Å². The largest absolute Gasteiger partial charge is 0.373 e. The van der Waals surface area contributed by atoms with E-state index >= 15 is 0 Å². The lowest BCUT2D eigenvalue weighted by Gasteiger charge is -2.34. The van der Waals surface area contributed by atoms with Gasteiger partial charge in [0.25, 0.3) is 5.91 Å². The number of morpholine rings is 1. The first-order valence-electron chi connectivity index (χ1n) is 6.28. The number of thiophene rings is 2. The van der Waals surface area contributed by atoms with E-state index in [4.69, 9.17) is 10.5 Å². The van der Waals surface area contributed by atoms with E-state index in [0.29, 0.717) is 19.7 Å². The molecule has 3 rings (SSSR count). The SMILES string of the molecule is CC(N)C1CN(C(=O)c2cc3sccc3s2)CCO1. The van der Waals surface area contributed by atoms with Gasteiger partial charge in [-0.2, -0.15) is 0 Å². The summed E-state index contributed by atoms with van der Waals surface area (Å²) in [5, 5.41) is 2.05. The van der Waals surface area contributed by atoms with Crippen molar-refractivity contribution in [2.24, 2.45) is 5.73 Å². The lowest BCUT2D eigenvalue weighted by molar-refractivity contribution is -0.0298. The van der Waals surface area contributed by atoms with E-state index in [1.807, 2.05) is 17.9 Å². The molecule has 2 aromatic heterocycles. The van der Waals surface area contributed by atoms with Crippen LogP contribution in [-0.2, 0) is 4.74 Å². The van der Waals surface area contributed by atoms with Crippen LogP contribution in [0.5, 0.6) is 0 Å². The monoisotopic (exact) mass is 296 g/mol. The maximum absolute atomic E-state index is 12.5. The van der Waals surface area contributed by atoms with Gasteiger partial charge in [0.05, 0.1) is 17.6 Å². The van der Waals surface area contributed by atoms with Crippen molar-refractivity contribution in [3.05, 3.63) is 22.4 Å². The third kappa shape index (κ3) is 2.53. The standard InChI is InChI=1S/C13H16N2O2S2/c1-8(14)9-7-15(3-4-17-9)13(16)12-6-11-10(19-12)2-5-18-11/h2,5-6,8-9H,3-4,7,14H2,1H3. The van der Waals surface area contributed by atoms with Crippen molar-refractivity contribution in [2.45, 2.75) is 19.1 Å².